The number of unbranched alkanes of at least 4 members (excludes halogenated alkanes) is 2. The Morgan fingerprint density at radius 3 is 1.39 bits per heavy atom. The summed E-state index contributed by atoms with van der Waals surface area (Å²) in [6.45, 7) is 8.00. The van der Waals surface area contributed by atoms with Crippen molar-refractivity contribution in [3.05, 3.63) is 11.1 Å². The third-order valence-electron chi connectivity index (χ3n) is 2.64. The van der Waals surface area contributed by atoms with Gasteiger partial charge in [0.25, 0.3) is 0 Å². The normalized spacial score (nSPS) is 11.8. The van der Waals surface area contributed by atoms with Crippen molar-refractivity contribution in [1.29, 1.82) is 0 Å². The molecule has 0 aliphatic rings. The lowest BCUT2D eigenvalue weighted by Gasteiger charge is -2.08. The summed E-state index contributed by atoms with van der Waals surface area (Å²) in [5.74, 6) is -0.873. The molecule has 0 unspecified atom stereocenters. The molecule has 0 aromatic carbocycles. The van der Waals surface area contributed by atoms with E-state index < -0.39 is 11.9 Å². The molecule has 4 nitrogen and oxygen atoms in total. The average Bonchev–Trinajstić information content (AvgIpc) is 2.37. The van der Waals surface area contributed by atoms with Crippen LogP contribution in [0, 0.1) is 0 Å². The largest absolute Gasteiger partial charge is 0.462 e. The highest BCUT2D eigenvalue weighted by atomic mass is 16.5. The Labute approximate surface area is 109 Å². The highest BCUT2D eigenvalue weighted by molar-refractivity contribution is 5.99. The van der Waals surface area contributed by atoms with Crippen LogP contribution in [0.4, 0.5) is 0 Å². The predicted octanol–water partition coefficient (Wildman–Crippen LogP) is 3.01. The zero-order valence-corrected chi connectivity index (χ0v) is 11.9. The first-order chi connectivity index (χ1) is 8.54. The second-order valence-electron chi connectivity index (χ2n) is 4.23. The number of hydrogen-bond donors (Lipinski definition) is 0. The summed E-state index contributed by atoms with van der Waals surface area (Å²) in [5, 5.41) is 0. The van der Waals surface area contributed by atoms with Crippen LogP contribution >= 0.6 is 0 Å². The van der Waals surface area contributed by atoms with E-state index in [4.69, 9.17) is 9.47 Å². The van der Waals surface area contributed by atoms with Gasteiger partial charge in [-0.1, -0.05) is 26.7 Å². The molecule has 0 fully saturated rings. The van der Waals surface area contributed by atoms with Crippen LogP contribution in [0.1, 0.15) is 53.4 Å². The molecule has 0 aliphatic heterocycles. The van der Waals surface area contributed by atoms with Gasteiger partial charge in [0, 0.05) is 11.1 Å². The van der Waals surface area contributed by atoms with Crippen LogP contribution in [0.3, 0.4) is 0 Å². The van der Waals surface area contributed by atoms with Crippen LogP contribution in [-0.4, -0.2) is 25.2 Å². The molecule has 0 saturated carbocycles. The van der Waals surface area contributed by atoms with E-state index in [2.05, 4.69) is 0 Å². The van der Waals surface area contributed by atoms with Gasteiger partial charge in [-0.05, 0) is 26.7 Å². The second kappa shape index (κ2) is 9.68. The molecular formula is C14H24O4. The molecule has 0 heterocycles. The van der Waals surface area contributed by atoms with Crippen LogP contribution in [0.25, 0.3) is 0 Å². The monoisotopic (exact) mass is 256 g/mol. The molecule has 4 heteroatoms. The Morgan fingerprint density at radius 2 is 1.11 bits per heavy atom. The maximum absolute atomic E-state index is 11.6. The molecule has 0 N–H and O–H groups in total. The number of rotatable bonds is 8. The molecular weight excluding hydrogens is 232 g/mol. The standard InChI is InChI=1S/C14H24O4/c1-5-7-9-17-13(15)11(3)12(4)14(16)18-10-8-6-2/h5-10H2,1-4H3. The van der Waals surface area contributed by atoms with Gasteiger partial charge >= 0.3 is 11.9 Å². The maximum atomic E-state index is 11.6. The van der Waals surface area contributed by atoms with Gasteiger partial charge in [0.05, 0.1) is 13.2 Å². The van der Waals surface area contributed by atoms with E-state index in [9.17, 15) is 9.59 Å². The quantitative estimate of drug-likeness (QED) is 0.380. The molecule has 0 aromatic heterocycles. The third kappa shape index (κ3) is 6.42. The molecule has 104 valence electrons. The van der Waals surface area contributed by atoms with E-state index in [-0.39, 0.29) is 0 Å². The Balaban J connectivity index is 4.30. The van der Waals surface area contributed by atoms with Gasteiger partial charge in [-0.3, -0.25) is 0 Å². The molecule has 0 bridgehead atoms. The van der Waals surface area contributed by atoms with E-state index in [1.165, 1.54) is 0 Å². The van der Waals surface area contributed by atoms with Crippen molar-refractivity contribution >= 4 is 11.9 Å². The smallest absolute Gasteiger partial charge is 0.334 e. The van der Waals surface area contributed by atoms with Gasteiger partial charge in [-0.25, -0.2) is 9.59 Å². The zero-order chi connectivity index (χ0) is 14.0. The van der Waals surface area contributed by atoms with Gasteiger partial charge in [-0.15, -0.1) is 0 Å². The van der Waals surface area contributed by atoms with E-state index in [0.717, 1.165) is 25.7 Å². The number of carbonyl (C=O) groups is 2. The Morgan fingerprint density at radius 1 is 0.778 bits per heavy atom. The lowest BCUT2D eigenvalue weighted by molar-refractivity contribution is -0.142. The van der Waals surface area contributed by atoms with Crippen molar-refractivity contribution in [2.45, 2.75) is 53.4 Å². The molecule has 18 heavy (non-hydrogen) atoms. The van der Waals surface area contributed by atoms with Gasteiger partial charge in [0.15, 0.2) is 0 Å². The van der Waals surface area contributed by atoms with Crippen molar-refractivity contribution in [1.82, 2.24) is 0 Å². The summed E-state index contributed by atoms with van der Waals surface area (Å²) in [6, 6.07) is 0. The highest BCUT2D eigenvalue weighted by Gasteiger charge is 2.15. The van der Waals surface area contributed by atoms with E-state index >= 15 is 0 Å². The van der Waals surface area contributed by atoms with Crippen LogP contribution in [0.2, 0.25) is 0 Å². The van der Waals surface area contributed by atoms with E-state index in [0.29, 0.717) is 24.4 Å². The van der Waals surface area contributed by atoms with Gasteiger partial charge in [0.1, 0.15) is 0 Å². The molecule has 0 aromatic rings. The molecule has 0 amide bonds. The summed E-state index contributed by atoms with van der Waals surface area (Å²) in [7, 11) is 0. The minimum Gasteiger partial charge on any atom is -0.462 e. The number of carbonyl (C=O) groups excluding carboxylic acids is 2. The maximum Gasteiger partial charge on any atom is 0.334 e. The van der Waals surface area contributed by atoms with Crippen LogP contribution in [0.15, 0.2) is 11.1 Å². The van der Waals surface area contributed by atoms with Gasteiger partial charge in [0.2, 0.25) is 0 Å². The average molecular weight is 256 g/mol. The Bertz CT molecular complexity index is 275. The molecule has 0 rings (SSSR count). The van der Waals surface area contributed by atoms with Crippen molar-refractivity contribution in [2.24, 2.45) is 0 Å². The molecule has 0 spiro atoms. The number of esters is 2. The first kappa shape index (κ1) is 16.7. The van der Waals surface area contributed by atoms with E-state index in [1.807, 2.05) is 13.8 Å². The molecule has 0 saturated heterocycles. The lowest BCUT2D eigenvalue weighted by atomic mass is 10.1. The first-order valence-electron chi connectivity index (χ1n) is 6.56. The lowest BCUT2D eigenvalue weighted by Crippen LogP contribution is -2.14. The Hall–Kier alpha value is -1.32. The summed E-state index contributed by atoms with van der Waals surface area (Å²) in [5.41, 5.74) is 0.653. The minimum atomic E-state index is -0.437. The van der Waals surface area contributed by atoms with Crippen molar-refractivity contribution in [2.75, 3.05) is 13.2 Å². The van der Waals surface area contributed by atoms with Crippen molar-refractivity contribution < 1.29 is 19.1 Å². The second-order valence-corrected chi connectivity index (χ2v) is 4.23. The van der Waals surface area contributed by atoms with Gasteiger partial charge in [-0.2, -0.15) is 0 Å². The van der Waals surface area contributed by atoms with Crippen molar-refractivity contribution in [3.63, 3.8) is 0 Å². The van der Waals surface area contributed by atoms with Crippen LogP contribution in [-0.2, 0) is 19.1 Å². The zero-order valence-electron chi connectivity index (χ0n) is 11.9. The fraction of sp³-hybridized carbons (Fsp3) is 0.714. The highest BCUT2D eigenvalue weighted by Crippen LogP contribution is 2.08. The summed E-state index contributed by atoms with van der Waals surface area (Å²) < 4.78 is 10.1. The fourth-order valence-electron chi connectivity index (χ4n) is 1.14. The topological polar surface area (TPSA) is 52.6 Å². The first-order valence-corrected chi connectivity index (χ1v) is 6.56. The van der Waals surface area contributed by atoms with E-state index in [1.54, 1.807) is 13.8 Å². The predicted molar refractivity (Wildman–Crippen MR) is 70.1 cm³/mol. The summed E-state index contributed by atoms with van der Waals surface area (Å²) in [6.07, 6.45) is 3.60. The molecule has 0 atom stereocenters. The fourth-order valence-corrected chi connectivity index (χ4v) is 1.14. The van der Waals surface area contributed by atoms with Crippen LogP contribution in [0.5, 0.6) is 0 Å². The minimum absolute atomic E-state index is 0.326. The SMILES string of the molecule is CCCCOC(=O)C(C)=C(C)C(=O)OCCCC. The molecule has 0 radical (unpaired) electrons. The number of ether oxygens (including phenoxy) is 2. The van der Waals surface area contributed by atoms with Crippen molar-refractivity contribution in [3.8, 4) is 0 Å². The summed E-state index contributed by atoms with van der Waals surface area (Å²) in [4.78, 5) is 23.2. The molecule has 0 aliphatic carbocycles. The van der Waals surface area contributed by atoms with Crippen LogP contribution < -0.4 is 0 Å². The summed E-state index contributed by atoms with van der Waals surface area (Å²) >= 11 is 0. The van der Waals surface area contributed by atoms with Gasteiger partial charge < -0.3 is 9.47 Å². The third-order valence-corrected chi connectivity index (χ3v) is 2.64. The number of hydrogen-bond acceptors (Lipinski definition) is 4. The Kier molecular flexibility index (Phi) is 8.97.